The van der Waals surface area contributed by atoms with Gasteiger partial charge in [0.25, 0.3) is 0 Å². The van der Waals surface area contributed by atoms with Crippen LogP contribution in [0.4, 0.5) is 4.39 Å². The van der Waals surface area contributed by atoms with Crippen LogP contribution in [-0.4, -0.2) is 31.0 Å². The Morgan fingerprint density at radius 1 is 1.45 bits per heavy atom. The molecule has 1 aromatic carbocycles. The van der Waals surface area contributed by atoms with Crippen LogP contribution < -0.4 is 5.32 Å². The quantitative estimate of drug-likeness (QED) is 0.458. The van der Waals surface area contributed by atoms with Gasteiger partial charge < -0.3 is 10.2 Å². The molecule has 120 valence electrons. The summed E-state index contributed by atoms with van der Waals surface area (Å²) in [6, 6.07) is 6.48. The number of nitrogens with one attached hydrogen (secondary N) is 1. The number of hydrogen-bond acceptors (Lipinski definition) is 2. The van der Waals surface area contributed by atoms with Crippen LogP contribution in [0.5, 0.6) is 0 Å². The van der Waals surface area contributed by atoms with Crippen molar-refractivity contribution in [2.45, 2.75) is 26.3 Å². The first kappa shape index (κ1) is 18.7. The Balaban J connectivity index is 0.00000242. The summed E-state index contributed by atoms with van der Waals surface area (Å²) in [5.74, 6) is 1.21. The molecular formula is C16H22FIN4. The smallest absolute Gasteiger partial charge is 0.193 e. The Morgan fingerprint density at radius 3 is 2.68 bits per heavy atom. The number of nitriles is 1. The minimum atomic E-state index is -0.357. The summed E-state index contributed by atoms with van der Waals surface area (Å²) >= 11 is 0. The maximum Gasteiger partial charge on any atom is 0.193 e. The van der Waals surface area contributed by atoms with E-state index in [9.17, 15) is 4.39 Å². The van der Waals surface area contributed by atoms with Gasteiger partial charge in [0.2, 0.25) is 0 Å². The second kappa shape index (κ2) is 8.93. The molecule has 0 amide bonds. The molecule has 0 atom stereocenters. The average Bonchev–Trinajstić information content (AvgIpc) is 2.50. The lowest BCUT2D eigenvalue weighted by atomic mass is 9.99. The highest BCUT2D eigenvalue weighted by Gasteiger charge is 2.18. The number of aliphatic imine (C=N–C) groups is 1. The van der Waals surface area contributed by atoms with Crippen LogP contribution in [0.2, 0.25) is 0 Å². The van der Waals surface area contributed by atoms with Crippen LogP contribution in [0, 0.1) is 23.1 Å². The zero-order valence-electron chi connectivity index (χ0n) is 13.0. The molecule has 0 saturated carbocycles. The molecule has 1 aliphatic rings. The van der Waals surface area contributed by atoms with E-state index in [2.05, 4.69) is 22.1 Å². The van der Waals surface area contributed by atoms with Crippen LogP contribution >= 0.6 is 24.0 Å². The van der Waals surface area contributed by atoms with E-state index in [1.54, 1.807) is 19.2 Å². The van der Waals surface area contributed by atoms with E-state index in [-0.39, 0.29) is 29.8 Å². The third-order valence-corrected chi connectivity index (χ3v) is 3.91. The van der Waals surface area contributed by atoms with Crippen molar-refractivity contribution < 1.29 is 4.39 Å². The van der Waals surface area contributed by atoms with Crippen molar-refractivity contribution in [1.29, 1.82) is 5.26 Å². The fourth-order valence-corrected chi connectivity index (χ4v) is 2.49. The number of piperidine rings is 1. The summed E-state index contributed by atoms with van der Waals surface area (Å²) in [5, 5.41) is 11.9. The third kappa shape index (κ3) is 4.83. The molecule has 0 bridgehead atoms. The fraction of sp³-hybridized carbons (Fsp3) is 0.500. The summed E-state index contributed by atoms with van der Waals surface area (Å²) in [5.41, 5.74) is 0.881. The lowest BCUT2D eigenvalue weighted by Gasteiger charge is -2.32. The van der Waals surface area contributed by atoms with Gasteiger partial charge in [-0.3, -0.25) is 4.99 Å². The maximum atomic E-state index is 13.8. The summed E-state index contributed by atoms with van der Waals surface area (Å²) in [4.78, 5) is 6.48. The highest BCUT2D eigenvalue weighted by Crippen LogP contribution is 2.16. The first-order valence-electron chi connectivity index (χ1n) is 7.28. The monoisotopic (exact) mass is 416 g/mol. The molecule has 1 aliphatic heterocycles. The average molecular weight is 416 g/mol. The lowest BCUT2D eigenvalue weighted by Crippen LogP contribution is -2.45. The van der Waals surface area contributed by atoms with Crippen LogP contribution in [0.25, 0.3) is 0 Å². The van der Waals surface area contributed by atoms with Gasteiger partial charge in [-0.1, -0.05) is 13.0 Å². The molecule has 1 heterocycles. The second-order valence-corrected chi connectivity index (χ2v) is 5.49. The first-order chi connectivity index (χ1) is 10.1. The SMILES string of the molecule is CN=C(NCc1ccc(C#N)cc1F)N1CCC(C)CC1.I. The van der Waals surface area contributed by atoms with E-state index in [4.69, 9.17) is 5.26 Å². The standard InChI is InChI=1S/C16H21FN4.HI/c1-12-5-7-21(8-6-12)16(19-2)20-11-14-4-3-13(10-18)9-15(14)17;/h3-4,9,12H,5-8,11H2,1-2H3,(H,19,20);1H. The minimum Gasteiger partial charge on any atom is -0.352 e. The van der Waals surface area contributed by atoms with E-state index in [1.807, 2.05) is 6.07 Å². The van der Waals surface area contributed by atoms with Crippen molar-refractivity contribution in [3.05, 3.63) is 35.1 Å². The summed E-state index contributed by atoms with van der Waals surface area (Å²) in [7, 11) is 1.75. The van der Waals surface area contributed by atoms with E-state index < -0.39 is 0 Å². The molecule has 0 aliphatic carbocycles. The molecule has 0 unspecified atom stereocenters. The third-order valence-electron chi connectivity index (χ3n) is 3.91. The molecule has 1 fully saturated rings. The van der Waals surface area contributed by atoms with Gasteiger partial charge in [0.05, 0.1) is 11.6 Å². The highest BCUT2D eigenvalue weighted by molar-refractivity contribution is 14.0. The Morgan fingerprint density at radius 2 is 2.14 bits per heavy atom. The van der Waals surface area contributed by atoms with Crippen molar-refractivity contribution in [1.82, 2.24) is 10.2 Å². The summed E-state index contributed by atoms with van der Waals surface area (Å²) in [6.07, 6.45) is 2.32. The van der Waals surface area contributed by atoms with Crippen LogP contribution in [0.1, 0.15) is 30.9 Å². The zero-order valence-corrected chi connectivity index (χ0v) is 15.3. The molecule has 0 radical (unpaired) electrons. The molecular weight excluding hydrogens is 394 g/mol. The number of halogens is 2. The Labute approximate surface area is 148 Å². The van der Waals surface area contributed by atoms with Gasteiger partial charge in [0, 0.05) is 32.2 Å². The van der Waals surface area contributed by atoms with E-state index in [1.165, 1.54) is 6.07 Å². The predicted octanol–water partition coefficient (Wildman–Crippen LogP) is 3.12. The molecule has 22 heavy (non-hydrogen) atoms. The van der Waals surface area contributed by atoms with Gasteiger partial charge in [-0.15, -0.1) is 24.0 Å². The Kier molecular flexibility index (Phi) is 7.59. The molecule has 6 heteroatoms. The Hall–Kier alpha value is -1.36. The predicted molar refractivity (Wildman–Crippen MR) is 96.7 cm³/mol. The molecule has 0 spiro atoms. The van der Waals surface area contributed by atoms with Crippen molar-refractivity contribution in [2.24, 2.45) is 10.9 Å². The van der Waals surface area contributed by atoms with E-state index in [0.717, 1.165) is 37.8 Å². The molecule has 0 aromatic heterocycles. The summed E-state index contributed by atoms with van der Waals surface area (Å²) < 4.78 is 13.8. The zero-order chi connectivity index (χ0) is 15.2. The minimum absolute atomic E-state index is 0. The van der Waals surface area contributed by atoms with Crippen LogP contribution in [-0.2, 0) is 6.54 Å². The van der Waals surface area contributed by atoms with Crippen molar-refractivity contribution in [3.8, 4) is 6.07 Å². The lowest BCUT2D eigenvalue weighted by molar-refractivity contribution is 0.273. The number of hydrogen-bond donors (Lipinski definition) is 1. The molecule has 2 rings (SSSR count). The van der Waals surface area contributed by atoms with Gasteiger partial charge in [0.15, 0.2) is 5.96 Å². The van der Waals surface area contributed by atoms with Gasteiger partial charge in [-0.05, 0) is 30.9 Å². The van der Waals surface area contributed by atoms with Crippen LogP contribution in [0.15, 0.2) is 23.2 Å². The van der Waals surface area contributed by atoms with Crippen LogP contribution in [0.3, 0.4) is 0 Å². The molecule has 1 aromatic rings. The summed E-state index contributed by atoms with van der Waals surface area (Å²) in [6.45, 7) is 4.60. The molecule has 4 nitrogen and oxygen atoms in total. The van der Waals surface area contributed by atoms with Gasteiger partial charge in [0.1, 0.15) is 5.82 Å². The highest BCUT2D eigenvalue weighted by atomic mass is 127. The first-order valence-corrected chi connectivity index (χ1v) is 7.28. The number of guanidine groups is 1. The van der Waals surface area contributed by atoms with Crippen molar-refractivity contribution in [2.75, 3.05) is 20.1 Å². The number of likely N-dealkylation sites (tertiary alicyclic amines) is 1. The maximum absolute atomic E-state index is 13.8. The largest absolute Gasteiger partial charge is 0.352 e. The van der Waals surface area contributed by atoms with Crippen molar-refractivity contribution >= 4 is 29.9 Å². The second-order valence-electron chi connectivity index (χ2n) is 5.49. The fourth-order valence-electron chi connectivity index (χ4n) is 2.49. The normalized spacial score (nSPS) is 15.9. The van der Waals surface area contributed by atoms with Crippen molar-refractivity contribution in [3.63, 3.8) is 0 Å². The number of nitrogens with zero attached hydrogens (tertiary/aromatic N) is 3. The topological polar surface area (TPSA) is 51.4 Å². The molecule has 1 N–H and O–H groups in total. The van der Waals surface area contributed by atoms with E-state index in [0.29, 0.717) is 17.7 Å². The number of rotatable bonds is 2. The number of benzene rings is 1. The van der Waals surface area contributed by atoms with Gasteiger partial charge >= 0.3 is 0 Å². The van der Waals surface area contributed by atoms with Gasteiger partial charge in [-0.25, -0.2) is 4.39 Å². The Bertz CT molecular complexity index is 560. The van der Waals surface area contributed by atoms with Gasteiger partial charge in [-0.2, -0.15) is 5.26 Å². The molecule has 1 saturated heterocycles. The van der Waals surface area contributed by atoms with E-state index >= 15 is 0 Å².